The molecule has 2 fully saturated rings. The van der Waals surface area contributed by atoms with E-state index in [-0.39, 0.29) is 12.0 Å². The number of carbonyl (C=O) groups is 1. The van der Waals surface area contributed by atoms with Crippen molar-refractivity contribution in [2.45, 2.75) is 51.0 Å². The van der Waals surface area contributed by atoms with E-state index in [1.807, 2.05) is 6.20 Å². The Morgan fingerprint density at radius 2 is 1.77 bits per heavy atom. The smallest absolute Gasteiger partial charge is 0.230 e. The third-order valence-corrected chi connectivity index (χ3v) is 8.85. The molecule has 3 aliphatic rings. The number of anilines is 2. The molecule has 1 amide bonds. The highest BCUT2D eigenvalue weighted by Gasteiger charge is 2.36. The van der Waals surface area contributed by atoms with Gasteiger partial charge in [0.25, 0.3) is 0 Å². The van der Waals surface area contributed by atoms with Crippen molar-refractivity contribution in [2.24, 2.45) is 5.92 Å². The maximum Gasteiger partial charge on any atom is 0.230 e. The van der Waals surface area contributed by atoms with E-state index in [0.29, 0.717) is 5.91 Å². The Labute approximate surface area is 216 Å². The molecule has 0 bridgehead atoms. The third-order valence-electron chi connectivity index (χ3n) is 8.36. The van der Waals surface area contributed by atoms with Crippen molar-refractivity contribution in [2.75, 3.05) is 42.5 Å². The topological polar surface area (TPSA) is 42.6 Å². The lowest BCUT2D eigenvalue weighted by atomic mass is 9.86. The van der Waals surface area contributed by atoms with Gasteiger partial charge in [-0.15, -0.1) is 0 Å². The van der Waals surface area contributed by atoms with E-state index in [1.54, 1.807) is 0 Å². The number of nitrogens with zero attached hydrogens (tertiary/aromatic N) is 3. The lowest BCUT2D eigenvalue weighted by Crippen LogP contribution is -2.55. The second-order valence-electron chi connectivity index (χ2n) is 10.5. The highest BCUT2D eigenvalue weighted by Crippen LogP contribution is 2.37. The fraction of sp³-hybridized carbons (Fsp3) is 0.483. The molecule has 1 aromatic heterocycles. The molecule has 1 aliphatic carbocycles. The summed E-state index contributed by atoms with van der Waals surface area (Å²) in [4.78, 5) is 24.5. The van der Waals surface area contributed by atoms with E-state index >= 15 is 0 Å². The molecule has 184 valence electrons. The predicted octanol–water partition coefficient (Wildman–Crippen LogP) is 5.98. The molecule has 6 heteroatoms. The number of rotatable bonds is 4. The number of H-pyrrole nitrogens is 1. The van der Waals surface area contributed by atoms with Gasteiger partial charge in [0.1, 0.15) is 0 Å². The fourth-order valence-electron chi connectivity index (χ4n) is 6.47. The van der Waals surface area contributed by atoms with E-state index in [2.05, 4.69) is 78.1 Å². The van der Waals surface area contributed by atoms with E-state index in [0.717, 1.165) is 68.6 Å². The highest BCUT2D eigenvalue weighted by atomic mass is 79.9. The van der Waals surface area contributed by atoms with Crippen molar-refractivity contribution in [3.05, 3.63) is 58.7 Å². The molecule has 1 N–H and O–H groups in total. The Bertz CT molecular complexity index is 1190. The molecule has 35 heavy (non-hydrogen) atoms. The molecule has 1 unspecified atom stereocenters. The number of piperazine rings is 1. The Balaban J connectivity index is 1.18. The predicted molar refractivity (Wildman–Crippen MR) is 147 cm³/mol. The number of fused-ring (bicyclic) bond motifs is 2. The molecule has 1 atom stereocenters. The van der Waals surface area contributed by atoms with Crippen LogP contribution < -0.4 is 9.80 Å². The van der Waals surface area contributed by atoms with Crippen molar-refractivity contribution in [3.63, 3.8) is 0 Å². The quantitative estimate of drug-likeness (QED) is 0.447. The molecule has 3 aromatic rings. The van der Waals surface area contributed by atoms with Gasteiger partial charge in [0, 0.05) is 77.6 Å². The largest absolute Gasteiger partial charge is 0.368 e. The number of hydrogen-bond acceptors (Lipinski definition) is 3. The van der Waals surface area contributed by atoms with Crippen LogP contribution in [0.15, 0.2) is 53.1 Å². The van der Waals surface area contributed by atoms with Gasteiger partial charge in [-0.3, -0.25) is 9.69 Å². The number of carbonyl (C=O) groups excluding carboxylic acids is 1. The molecule has 1 saturated carbocycles. The average Bonchev–Trinajstić information content (AvgIpc) is 3.38. The minimum Gasteiger partial charge on any atom is -0.368 e. The number of aromatic nitrogens is 1. The summed E-state index contributed by atoms with van der Waals surface area (Å²) < 4.78 is 1.10. The summed E-state index contributed by atoms with van der Waals surface area (Å²) in [5.41, 5.74) is 4.99. The van der Waals surface area contributed by atoms with Crippen LogP contribution in [0.25, 0.3) is 10.9 Å². The van der Waals surface area contributed by atoms with Crippen LogP contribution in [0.5, 0.6) is 0 Å². The standard InChI is InChI=1S/C29H35BrN4O/c30-23-10-12-27-22(19-23)9-11-24(34(27)29(35)21-5-2-1-3-6-21)20-32-15-17-33(18-16-32)28-8-4-7-26-25(28)13-14-31-26/h4,7-8,10,12-14,19,21,24,31H,1-3,5-6,9,11,15-18,20H2. The first-order chi connectivity index (χ1) is 17.2. The van der Waals surface area contributed by atoms with Gasteiger partial charge in [-0.05, 0) is 67.6 Å². The van der Waals surface area contributed by atoms with Gasteiger partial charge in [-0.1, -0.05) is 41.3 Å². The van der Waals surface area contributed by atoms with E-state index in [9.17, 15) is 4.79 Å². The van der Waals surface area contributed by atoms with Crippen molar-refractivity contribution in [1.29, 1.82) is 0 Å². The summed E-state index contributed by atoms with van der Waals surface area (Å²) in [6, 6.07) is 15.5. The summed E-state index contributed by atoms with van der Waals surface area (Å²) >= 11 is 3.64. The van der Waals surface area contributed by atoms with Gasteiger partial charge >= 0.3 is 0 Å². The molecule has 0 spiro atoms. The van der Waals surface area contributed by atoms with Crippen LogP contribution in [0.1, 0.15) is 44.1 Å². The van der Waals surface area contributed by atoms with Gasteiger partial charge in [0.2, 0.25) is 5.91 Å². The van der Waals surface area contributed by atoms with Crippen LogP contribution in [-0.2, 0) is 11.2 Å². The fourth-order valence-corrected chi connectivity index (χ4v) is 6.88. The molecule has 5 nitrogen and oxygen atoms in total. The minimum atomic E-state index is 0.194. The maximum atomic E-state index is 13.9. The second-order valence-corrected chi connectivity index (χ2v) is 11.4. The lowest BCUT2D eigenvalue weighted by Gasteiger charge is -2.44. The molecule has 2 aliphatic heterocycles. The van der Waals surface area contributed by atoms with Crippen molar-refractivity contribution < 1.29 is 4.79 Å². The van der Waals surface area contributed by atoms with Gasteiger partial charge in [0.15, 0.2) is 0 Å². The molecule has 6 rings (SSSR count). The normalized spacial score (nSPS) is 21.9. The van der Waals surface area contributed by atoms with Crippen LogP contribution >= 0.6 is 15.9 Å². The molecule has 0 radical (unpaired) electrons. The monoisotopic (exact) mass is 534 g/mol. The van der Waals surface area contributed by atoms with Crippen LogP contribution in [-0.4, -0.2) is 54.6 Å². The summed E-state index contributed by atoms with van der Waals surface area (Å²) in [6.45, 7) is 5.09. The minimum absolute atomic E-state index is 0.194. The van der Waals surface area contributed by atoms with E-state index in [1.165, 1.54) is 41.4 Å². The van der Waals surface area contributed by atoms with Gasteiger partial charge < -0.3 is 14.8 Å². The zero-order valence-corrected chi connectivity index (χ0v) is 22.0. The SMILES string of the molecule is O=C(C1CCCCC1)N1c2ccc(Br)cc2CCC1CN1CCN(c2cccc3[nH]ccc23)CC1. The average molecular weight is 536 g/mol. The first kappa shape index (κ1) is 23.1. The Kier molecular flexibility index (Phi) is 6.59. The number of aryl methyl sites for hydroxylation is 1. The highest BCUT2D eigenvalue weighted by molar-refractivity contribution is 9.10. The second kappa shape index (κ2) is 9.98. The van der Waals surface area contributed by atoms with Crippen LogP contribution in [0, 0.1) is 5.92 Å². The van der Waals surface area contributed by atoms with E-state index < -0.39 is 0 Å². The number of nitrogens with one attached hydrogen (secondary N) is 1. The van der Waals surface area contributed by atoms with Crippen molar-refractivity contribution in [1.82, 2.24) is 9.88 Å². The lowest BCUT2D eigenvalue weighted by molar-refractivity contribution is -0.124. The summed E-state index contributed by atoms with van der Waals surface area (Å²) in [7, 11) is 0. The van der Waals surface area contributed by atoms with Crippen LogP contribution in [0.3, 0.4) is 0 Å². The summed E-state index contributed by atoms with van der Waals surface area (Å²) in [5, 5.41) is 1.31. The summed E-state index contributed by atoms with van der Waals surface area (Å²) in [5.74, 6) is 0.565. The van der Waals surface area contributed by atoms with Gasteiger partial charge in [0.05, 0.1) is 0 Å². The number of halogens is 1. The zero-order valence-electron chi connectivity index (χ0n) is 20.4. The third kappa shape index (κ3) is 4.63. The first-order valence-electron chi connectivity index (χ1n) is 13.3. The molecular formula is C29H35BrN4O. The number of hydrogen-bond donors (Lipinski definition) is 1. The van der Waals surface area contributed by atoms with Crippen molar-refractivity contribution in [3.8, 4) is 0 Å². The number of amides is 1. The van der Waals surface area contributed by atoms with Gasteiger partial charge in [-0.2, -0.15) is 0 Å². The van der Waals surface area contributed by atoms with E-state index in [4.69, 9.17) is 0 Å². The first-order valence-corrected chi connectivity index (χ1v) is 14.1. The number of aromatic amines is 1. The van der Waals surface area contributed by atoms with Crippen LogP contribution in [0.2, 0.25) is 0 Å². The maximum absolute atomic E-state index is 13.9. The Hall–Kier alpha value is -2.31. The summed E-state index contributed by atoms with van der Waals surface area (Å²) in [6.07, 6.45) is 9.89. The molecule has 1 saturated heterocycles. The molecular weight excluding hydrogens is 500 g/mol. The van der Waals surface area contributed by atoms with Crippen LogP contribution in [0.4, 0.5) is 11.4 Å². The number of benzene rings is 2. The Morgan fingerprint density at radius 3 is 2.60 bits per heavy atom. The Morgan fingerprint density at radius 1 is 0.943 bits per heavy atom. The molecule has 3 heterocycles. The zero-order chi connectivity index (χ0) is 23.8. The molecule has 2 aromatic carbocycles. The van der Waals surface area contributed by atoms with Gasteiger partial charge in [-0.25, -0.2) is 0 Å². The van der Waals surface area contributed by atoms with Crippen molar-refractivity contribution >= 4 is 44.1 Å².